The van der Waals surface area contributed by atoms with Crippen LogP contribution >= 0.6 is 23.2 Å². The monoisotopic (exact) mass is 356 g/mol. The molecule has 4 nitrogen and oxygen atoms in total. The summed E-state index contributed by atoms with van der Waals surface area (Å²) >= 11 is 12.1. The molecule has 1 saturated carbocycles. The van der Waals surface area contributed by atoms with Gasteiger partial charge in [-0.05, 0) is 38.3 Å². The van der Waals surface area contributed by atoms with E-state index in [1.54, 1.807) is 18.2 Å². The summed E-state index contributed by atoms with van der Waals surface area (Å²) in [5.41, 5.74) is -0.425. The number of carbonyl (C=O) groups excluding carboxylic acids is 1. The van der Waals surface area contributed by atoms with Gasteiger partial charge in [-0.2, -0.15) is 0 Å². The Kier molecular flexibility index (Phi) is 4.59. The fourth-order valence-electron chi connectivity index (χ4n) is 3.40. The highest BCUT2D eigenvalue weighted by Crippen LogP contribution is 2.47. The molecule has 1 spiro atoms. The molecule has 1 N–H and O–H groups in total. The molecule has 1 aliphatic carbocycles. The summed E-state index contributed by atoms with van der Waals surface area (Å²) in [7, 11) is 0. The number of halogens is 2. The number of ether oxygens (including phenoxy) is 2. The summed E-state index contributed by atoms with van der Waals surface area (Å²) in [5.74, 6) is -0.597. The number of hydrogen-bond acceptors (Lipinski definition) is 4. The van der Waals surface area contributed by atoms with Crippen LogP contribution in [0.2, 0.25) is 10.0 Å². The van der Waals surface area contributed by atoms with Crippen molar-refractivity contribution in [1.29, 1.82) is 0 Å². The van der Waals surface area contributed by atoms with E-state index >= 15 is 0 Å². The molecule has 1 aliphatic heterocycles. The van der Waals surface area contributed by atoms with Gasteiger partial charge in [0.05, 0.1) is 11.1 Å². The maximum atomic E-state index is 12.4. The highest BCUT2D eigenvalue weighted by atomic mass is 35.5. The van der Waals surface area contributed by atoms with Gasteiger partial charge in [-0.15, -0.1) is 0 Å². The number of aliphatic hydroxyl groups is 1. The van der Waals surface area contributed by atoms with Crippen molar-refractivity contribution in [3.63, 3.8) is 0 Å². The second kappa shape index (κ2) is 6.34. The highest BCUT2D eigenvalue weighted by molar-refractivity contribution is 6.37. The van der Waals surface area contributed by atoms with Crippen molar-refractivity contribution in [2.75, 3.05) is 6.61 Å². The average Bonchev–Trinajstić information content (AvgIpc) is 2.71. The zero-order valence-corrected chi connectivity index (χ0v) is 14.3. The Bertz CT molecular complexity index is 669. The van der Waals surface area contributed by atoms with Crippen LogP contribution in [-0.2, 0) is 14.3 Å². The minimum absolute atomic E-state index is 0.0243. The van der Waals surface area contributed by atoms with Crippen LogP contribution in [0.25, 0.3) is 5.57 Å². The summed E-state index contributed by atoms with van der Waals surface area (Å²) in [6.07, 6.45) is 2.75. The smallest absolute Gasteiger partial charge is 0.343 e. The molecule has 3 rings (SSSR count). The topological polar surface area (TPSA) is 55.8 Å². The van der Waals surface area contributed by atoms with E-state index in [4.69, 9.17) is 32.7 Å². The van der Waals surface area contributed by atoms with Crippen LogP contribution < -0.4 is 0 Å². The van der Waals surface area contributed by atoms with Crippen LogP contribution in [0.1, 0.15) is 38.2 Å². The molecule has 1 aromatic rings. The number of esters is 1. The number of benzene rings is 1. The predicted molar refractivity (Wildman–Crippen MR) is 88.7 cm³/mol. The maximum absolute atomic E-state index is 12.4. The van der Waals surface area contributed by atoms with Crippen molar-refractivity contribution in [2.24, 2.45) is 0 Å². The van der Waals surface area contributed by atoms with E-state index in [-0.39, 0.29) is 17.4 Å². The molecule has 1 fully saturated rings. The van der Waals surface area contributed by atoms with Crippen LogP contribution in [-0.4, -0.2) is 29.4 Å². The molecule has 6 heteroatoms. The Morgan fingerprint density at radius 3 is 2.91 bits per heavy atom. The third kappa shape index (κ3) is 2.95. The van der Waals surface area contributed by atoms with E-state index in [0.717, 1.165) is 12.8 Å². The van der Waals surface area contributed by atoms with Gasteiger partial charge in [-0.3, -0.25) is 0 Å². The predicted octanol–water partition coefficient (Wildman–Crippen LogP) is 4.54. The molecule has 0 radical (unpaired) electrons. The van der Waals surface area contributed by atoms with Crippen molar-refractivity contribution in [1.82, 2.24) is 0 Å². The molecular weight excluding hydrogens is 339 g/mol. The maximum Gasteiger partial charge on any atom is 0.343 e. The third-order valence-corrected chi connectivity index (χ3v) is 4.98. The lowest BCUT2D eigenvalue weighted by atomic mass is 9.81. The molecule has 124 valence electrons. The molecular formula is C17H18Cl2O4. The number of hydrogen-bond donors (Lipinski definition) is 1. The summed E-state index contributed by atoms with van der Waals surface area (Å²) in [6, 6.07) is 4.80. The standard InChI is InChI=1S/C17H18Cl2O4/c1-2-22-11-4-3-7-17(9-11)15(20)14(16(21)23-17)12-6-5-10(18)8-13(12)19/h5-6,8,11,20H,2-4,7,9H2,1H3. The van der Waals surface area contributed by atoms with Gasteiger partial charge in [-0.25, -0.2) is 4.79 Å². The second-order valence-electron chi connectivity index (χ2n) is 5.91. The second-order valence-corrected chi connectivity index (χ2v) is 6.75. The lowest BCUT2D eigenvalue weighted by molar-refractivity contribution is -0.154. The van der Waals surface area contributed by atoms with Gasteiger partial charge in [0, 0.05) is 23.6 Å². The first-order valence-electron chi connectivity index (χ1n) is 7.71. The number of carbonyl (C=O) groups is 1. The number of rotatable bonds is 3. The lowest BCUT2D eigenvalue weighted by Gasteiger charge is -2.36. The van der Waals surface area contributed by atoms with Crippen LogP contribution in [0.5, 0.6) is 0 Å². The van der Waals surface area contributed by atoms with Crippen LogP contribution in [0.15, 0.2) is 24.0 Å². The molecule has 2 atom stereocenters. The van der Waals surface area contributed by atoms with E-state index in [0.29, 0.717) is 35.1 Å². The van der Waals surface area contributed by atoms with Gasteiger partial charge in [0.2, 0.25) is 0 Å². The zero-order valence-electron chi connectivity index (χ0n) is 12.8. The van der Waals surface area contributed by atoms with Gasteiger partial charge >= 0.3 is 5.97 Å². The molecule has 23 heavy (non-hydrogen) atoms. The highest BCUT2D eigenvalue weighted by Gasteiger charge is 2.51. The van der Waals surface area contributed by atoms with Crippen molar-refractivity contribution in [3.05, 3.63) is 39.6 Å². The van der Waals surface area contributed by atoms with Crippen molar-refractivity contribution < 1.29 is 19.4 Å². The summed E-state index contributed by atoms with van der Waals surface area (Å²) in [6.45, 7) is 2.52. The first-order valence-corrected chi connectivity index (χ1v) is 8.46. The quantitative estimate of drug-likeness (QED) is 0.807. The van der Waals surface area contributed by atoms with Gasteiger partial charge < -0.3 is 14.6 Å². The SMILES string of the molecule is CCOC1CCCC2(C1)OC(=O)C(c1ccc(Cl)cc1Cl)=C2O. The summed E-state index contributed by atoms with van der Waals surface area (Å²) in [4.78, 5) is 12.4. The molecule has 1 heterocycles. The van der Waals surface area contributed by atoms with Crippen LogP contribution in [0.4, 0.5) is 0 Å². The lowest BCUT2D eigenvalue weighted by Crippen LogP contribution is -2.41. The Morgan fingerprint density at radius 1 is 1.43 bits per heavy atom. The van der Waals surface area contributed by atoms with E-state index in [9.17, 15) is 9.90 Å². The van der Waals surface area contributed by atoms with Crippen molar-refractivity contribution >= 4 is 34.7 Å². The first-order chi connectivity index (χ1) is 11.0. The van der Waals surface area contributed by atoms with Gasteiger partial charge in [0.15, 0.2) is 11.4 Å². The van der Waals surface area contributed by atoms with E-state index in [2.05, 4.69) is 0 Å². The Hall–Kier alpha value is -1.23. The fourth-order valence-corrected chi connectivity index (χ4v) is 3.91. The normalized spacial score (nSPS) is 27.6. The van der Waals surface area contributed by atoms with Gasteiger partial charge in [-0.1, -0.05) is 29.3 Å². The molecule has 0 saturated heterocycles. The Morgan fingerprint density at radius 2 is 2.22 bits per heavy atom. The Labute approximate surface area is 145 Å². The molecule has 2 unspecified atom stereocenters. The largest absolute Gasteiger partial charge is 0.507 e. The number of aliphatic hydroxyl groups excluding tert-OH is 1. The zero-order chi connectivity index (χ0) is 16.6. The van der Waals surface area contributed by atoms with E-state index in [1.165, 1.54) is 0 Å². The molecule has 2 aliphatic rings. The minimum Gasteiger partial charge on any atom is -0.507 e. The molecule has 0 aromatic heterocycles. The van der Waals surface area contributed by atoms with Gasteiger partial charge in [0.25, 0.3) is 0 Å². The summed E-state index contributed by atoms with van der Waals surface area (Å²) in [5, 5.41) is 11.5. The average molecular weight is 357 g/mol. The fraction of sp³-hybridized carbons (Fsp3) is 0.471. The Balaban J connectivity index is 2.00. The van der Waals surface area contributed by atoms with Crippen molar-refractivity contribution in [3.8, 4) is 0 Å². The van der Waals surface area contributed by atoms with E-state index in [1.807, 2.05) is 6.92 Å². The first kappa shape index (κ1) is 16.6. The molecule has 0 bridgehead atoms. The van der Waals surface area contributed by atoms with Crippen LogP contribution in [0.3, 0.4) is 0 Å². The minimum atomic E-state index is -0.993. The van der Waals surface area contributed by atoms with E-state index < -0.39 is 11.6 Å². The van der Waals surface area contributed by atoms with Crippen molar-refractivity contribution in [2.45, 2.75) is 44.3 Å². The third-order valence-electron chi connectivity index (χ3n) is 4.43. The molecule has 1 aromatic carbocycles. The van der Waals surface area contributed by atoms with Crippen LogP contribution in [0, 0.1) is 0 Å². The summed E-state index contributed by atoms with van der Waals surface area (Å²) < 4.78 is 11.3. The van der Waals surface area contributed by atoms with Gasteiger partial charge in [0.1, 0.15) is 5.57 Å². The molecule has 0 amide bonds.